The van der Waals surface area contributed by atoms with E-state index in [4.69, 9.17) is 11.1 Å². The van der Waals surface area contributed by atoms with Gasteiger partial charge in [0.2, 0.25) is 0 Å². The maximum Gasteiger partial charge on any atom is 0.141 e. The molecule has 0 amide bonds. The molecule has 0 spiro atoms. The van der Waals surface area contributed by atoms with Gasteiger partial charge in [-0.1, -0.05) is 73.8 Å². The molecule has 1 aliphatic carbocycles. The van der Waals surface area contributed by atoms with Gasteiger partial charge in [-0.25, -0.2) is 9.97 Å². The second kappa shape index (κ2) is 8.61. The molecule has 6 heteroatoms. The quantitative estimate of drug-likeness (QED) is 0.238. The largest absolute Gasteiger partial charge is 0.383 e. The number of thioether (sulfide) groups is 1. The standard InChI is InChI=1S/C22H25N5S/c23-20-19(22(26-14-25-20)27-16-10-3-1-2-4-11-16)21(24)28-18-13-7-9-15-8-5-6-12-17(15)18/h5-9,12-14,16,24H,1-4,10-11H2,(H3,23,25,26,27). The number of nitrogen functional groups attached to an aromatic ring is 1. The van der Waals surface area contributed by atoms with Gasteiger partial charge in [0.05, 0.1) is 5.56 Å². The van der Waals surface area contributed by atoms with E-state index in [9.17, 15) is 0 Å². The Kier molecular flexibility index (Phi) is 5.76. The molecule has 1 fully saturated rings. The van der Waals surface area contributed by atoms with Crippen LogP contribution in [0.1, 0.15) is 44.1 Å². The Balaban J connectivity index is 1.61. The van der Waals surface area contributed by atoms with Crippen molar-refractivity contribution in [2.75, 3.05) is 11.1 Å². The Hall–Kier alpha value is -2.60. The zero-order valence-corrected chi connectivity index (χ0v) is 16.6. The van der Waals surface area contributed by atoms with Crippen LogP contribution in [-0.2, 0) is 0 Å². The summed E-state index contributed by atoms with van der Waals surface area (Å²) in [6.07, 6.45) is 8.80. The van der Waals surface area contributed by atoms with Gasteiger partial charge in [0, 0.05) is 10.9 Å². The first kappa shape index (κ1) is 18.7. The number of fused-ring (bicyclic) bond motifs is 1. The van der Waals surface area contributed by atoms with Crippen molar-refractivity contribution in [2.24, 2.45) is 0 Å². The van der Waals surface area contributed by atoms with Gasteiger partial charge < -0.3 is 11.1 Å². The molecule has 0 atom stereocenters. The van der Waals surface area contributed by atoms with Crippen molar-refractivity contribution in [3.8, 4) is 0 Å². The van der Waals surface area contributed by atoms with Gasteiger partial charge >= 0.3 is 0 Å². The summed E-state index contributed by atoms with van der Waals surface area (Å²) >= 11 is 1.40. The molecule has 1 aromatic heterocycles. The first-order valence-corrected chi connectivity index (χ1v) is 10.7. The van der Waals surface area contributed by atoms with Crippen molar-refractivity contribution in [2.45, 2.75) is 49.5 Å². The minimum atomic E-state index is 0.351. The first-order valence-electron chi connectivity index (χ1n) is 9.84. The number of nitrogens with zero attached hydrogens (tertiary/aromatic N) is 2. The van der Waals surface area contributed by atoms with Crippen LogP contribution in [0.4, 0.5) is 11.6 Å². The Morgan fingerprint density at radius 1 is 1.00 bits per heavy atom. The summed E-state index contributed by atoms with van der Waals surface area (Å²) in [5.74, 6) is 1.03. The number of nitrogens with two attached hydrogens (primary N) is 1. The highest BCUT2D eigenvalue weighted by molar-refractivity contribution is 8.14. The second-order valence-electron chi connectivity index (χ2n) is 7.22. The number of anilines is 2. The van der Waals surface area contributed by atoms with Crippen molar-refractivity contribution in [1.29, 1.82) is 5.41 Å². The summed E-state index contributed by atoms with van der Waals surface area (Å²) in [7, 11) is 0. The third kappa shape index (κ3) is 4.12. The summed E-state index contributed by atoms with van der Waals surface area (Å²) in [6.45, 7) is 0. The maximum absolute atomic E-state index is 8.75. The molecule has 5 nitrogen and oxygen atoms in total. The molecular formula is C22H25N5S. The van der Waals surface area contributed by atoms with Crippen molar-refractivity contribution >= 4 is 39.2 Å². The van der Waals surface area contributed by atoms with Crippen LogP contribution in [0.25, 0.3) is 10.8 Å². The molecular weight excluding hydrogens is 366 g/mol. The highest BCUT2D eigenvalue weighted by atomic mass is 32.2. The van der Waals surface area contributed by atoms with Gasteiger partial charge in [0.25, 0.3) is 0 Å². The Morgan fingerprint density at radius 2 is 1.75 bits per heavy atom. The van der Waals surface area contributed by atoms with Crippen molar-refractivity contribution in [3.63, 3.8) is 0 Å². The number of rotatable bonds is 4. The van der Waals surface area contributed by atoms with Crippen LogP contribution in [0.5, 0.6) is 0 Å². The van der Waals surface area contributed by atoms with Gasteiger partial charge in [0.1, 0.15) is 23.0 Å². The number of hydrogen-bond acceptors (Lipinski definition) is 6. The normalized spacial score (nSPS) is 15.3. The molecule has 3 aromatic rings. The van der Waals surface area contributed by atoms with Crippen LogP contribution in [0.15, 0.2) is 53.7 Å². The molecule has 0 saturated heterocycles. The molecule has 1 heterocycles. The molecule has 4 N–H and O–H groups in total. The molecule has 0 unspecified atom stereocenters. The number of benzene rings is 2. The molecule has 0 bridgehead atoms. The fourth-order valence-electron chi connectivity index (χ4n) is 3.80. The second-order valence-corrected chi connectivity index (χ2v) is 8.28. The molecule has 1 saturated carbocycles. The highest BCUT2D eigenvalue weighted by Crippen LogP contribution is 2.33. The van der Waals surface area contributed by atoms with Crippen LogP contribution >= 0.6 is 11.8 Å². The van der Waals surface area contributed by atoms with E-state index in [0.29, 0.717) is 28.3 Å². The fourth-order valence-corrected chi connectivity index (χ4v) is 4.76. The van der Waals surface area contributed by atoms with E-state index in [0.717, 1.165) is 28.5 Å². The lowest BCUT2D eigenvalue weighted by Gasteiger charge is -2.20. The molecule has 28 heavy (non-hydrogen) atoms. The lowest BCUT2D eigenvalue weighted by molar-refractivity contribution is 0.617. The summed E-state index contributed by atoms with van der Waals surface area (Å²) in [5.41, 5.74) is 6.78. The third-order valence-electron chi connectivity index (χ3n) is 5.26. The van der Waals surface area contributed by atoms with Crippen LogP contribution in [0.3, 0.4) is 0 Å². The average molecular weight is 392 g/mol. The smallest absolute Gasteiger partial charge is 0.141 e. The van der Waals surface area contributed by atoms with Gasteiger partial charge in [0.15, 0.2) is 0 Å². The number of nitrogens with one attached hydrogen (secondary N) is 2. The van der Waals surface area contributed by atoms with E-state index in [2.05, 4.69) is 33.5 Å². The van der Waals surface area contributed by atoms with Crippen molar-refractivity contribution in [1.82, 2.24) is 9.97 Å². The number of aromatic nitrogens is 2. The van der Waals surface area contributed by atoms with Crippen molar-refractivity contribution < 1.29 is 0 Å². The lowest BCUT2D eigenvalue weighted by Crippen LogP contribution is -2.21. The molecule has 0 radical (unpaired) electrons. The van der Waals surface area contributed by atoms with Gasteiger partial charge in [-0.3, -0.25) is 5.41 Å². The summed E-state index contributed by atoms with van der Waals surface area (Å²) in [5, 5.41) is 15.0. The Bertz CT molecular complexity index is 974. The van der Waals surface area contributed by atoms with E-state index in [-0.39, 0.29) is 0 Å². The van der Waals surface area contributed by atoms with E-state index in [1.807, 2.05) is 24.3 Å². The van der Waals surface area contributed by atoms with Crippen LogP contribution in [-0.4, -0.2) is 21.1 Å². The molecule has 0 aliphatic heterocycles. The van der Waals surface area contributed by atoms with E-state index in [1.165, 1.54) is 43.8 Å². The molecule has 144 valence electrons. The van der Waals surface area contributed by atoms with Gasteiger partial charge in [-0.05, 0) is 29.7 Å². The maximum atomic E-state index is 8.75. The molecule has 2 aromatic carbocycles. The number of hydrogen-bond donors (Lipinski definition) is 3. The Labute approximate surface area is 169 Å². The predicted octanol–water partition coefficient (Wildman–Crippen LogP) is 5.46. The molecule has 4 rings (SSSR count). The fraction of sp³-hybridized carbons (Fsp3) is 0.318. The topological polar surface area (TPSA) is 87.7 Å². The summed E-state index contributed by atoms with van der Waals surface area (Å²) < 4.78 is 0. The monoisotopic (exact) mass is 391 g/mol. The van der Waals surface area contributed by atoms with Crippen molar-refractivity contribution in [3.05, 3.63) is 54.4 Å². The van der Waals surface area contributed by atoms with E-state index >= 15 is 0 Å². The van der Waals surface area contributed by atoms with Crippen LogP contribution in [0, 0.1) is 5.41 Å². The van der Waals surface area contributed by atoms with Gasteiger partial charge in [-0.2, -0.15) is 0 Å². The van der Waals surface area contributed by atoms with E-state index in [1.54, 1.807) is 0 Å². The zero-order chi connectivity index (χ0) is 19.3. The summed E-state index contributed by atoms with van der Waals surface area (Å²) in [4.78, 5) is 9.62. The first-order chi connectivity index (χ1) is 13.7. The van der Waals surface area contributed by atoms with Gasteiger partial charge in [-0.15, -0.1) is 0 Å². The minimum absolute atomic E-state index is 0.351. The van der Waals surface area contributed by atoms with Crippen LogP contribution < -0.4 is 11.1 Å². The molecule has 1 aliphatic rings. The average Bonchev–Trinajstić information content (AvgIpc) is 2.97. The lowest BCUT2D eigenvalue weighted by atomic mass is 10.1. The minimum Gasteiger partial charge on any atom is -0.383 e. The SMILES string of the molecule is N=C(Sc1cccc2ccccc12)c1c(N)ncnc1NC1CCCCCC1. The van der Waals surface area contributed by atoms with Crippen LogP contribution in [0.2, 0.25) is 0 Å². The van der Waals surface area contributed by atoms with E-state index < -0.39 is 0 Å². The summed E-state index contributed by atoms with van der Waals surface area (Å²) in [6, 6.07) is 14.7. The third-order valence-corrected chi connectivity index (χ3v) is 6.25. The zero-order valence-electron chi connectivity index (χ0n) is 15.8. The highest BCUT2D eigenvalue weighted by Gasteiger charge is 2.20. The Morgan fingerprint density at radius 3 is 2.57 bits per heavy atom. The predicted molar refractivity (Wildman–Crippen MR) is 118 cm³/mol.